The second kappa shape index (κ2) is 14.9. The summed E-state index contributed by atoms with van der Waals surface area (Å²) in [5, 5.41) is 8.22. The summed E-state index contributed by atoms with van der Waals surface area (Å²) in [6.45, 7) is 18.1. The molecule has 0 amide bonds. The van der Waals surface area contributed by atoms with E-state index in [0.29, 0.717) is 16.9 Å². The second-order valence-corrected chi connectivity index (χ2v) is 11.8. The van der Waals surface area contributed by atoms with Gasteiger partial charge in [-0.1, -0.05) is 99.8 Å². The molecule has 2 nitrogen and oxygen atoms in total. The average Bonchev–Trinajstić information content (AvgIpc) is 2.68. The highest BCUT2D eigenvalue weighted by molar-refractivity contribution is 4.96. The Bertz CT molecular complexity index is 403. The minimum Gasteiger partial charge on any atom is -0.313 e. The molecule has 1 aliphatic rings. The molecule has 0 aliphatic heterocycles. The lowest BCUT2D eigenvalue weighted by Crippen LogP contribution is -2.51. The summed E-state index contributed by atoms with van der Waals surface area (Å²) < 4.78 is 0. The molecule has 2 atom stereocenters. The van der Waals surface area contributed by atoms with E-state index < -0.39 is 0 Å². The van der Waals surface area contributed by atoms with E-state index in [-0.39, 0.29) is 0 Å². The van der Waals surface area contributed by atoms with Crippen LogP contribution in [0.5, 0.6) is 0 Å². The van der Waals surface area contributed by atoms with E-state index in [1.54, 1.807) is 0 Å². The Morgan fingerprint density at radius 1 is 0.700 bits per heavy atom. The van der Waals surface area contributed by atoms with Gasteiger partial charge < -0.3 is 10.6 Å². The summed E-state index contributed by atoms with van der Waals surface area (Å²) in [6.07, 6.45) is 20.2. The Morgan fingerprint density at radius 2 is 1.17 bits per heavy atom. The zero-order valence-electron chi connectivity index (χ0n) is 22.0. The van der Waals surface area contributed by atoms with Gasteiger partial charge in [-0.15, -0.1) is 0 Å². The molecule has 1 fully saturated rings. The molecule has 1 rings (SSSR count). The van der Waals surface area contributed by atoms with Crippen LogP contribution in [0.3, 0.4) is 0 Å². The first-order valence-corrected chi connectivity index (χ1v) is 13.8. The van der Waals surface area contributed by atoms with Crippen LogP contribution in [0.2, 0.25) is 0 Å². The Hall–Kier alpha value is -0.0800. The van der Waals surface area contributed by atoms with Gasteiger partial charge in [0.15, 0.2) is 0 Å². The lowest BCUT2D eigenvalue weighted by Gasteiger charge is -2.48. The van der Waals surface area contributed by atoms with Crippen LogP contribution in [-0.2, 0) is 0 Å². The Morgan fingerprint density at radius 3 is 1.63 bits per heavy atom. The van der Waals surface area contributed by atoms with Crippen molar-refractivity contribution < 1.29 is 0 Å². The molecule has 2 unspecified atom stereocenters. The summed E-state index contributed by atoms with van der Waals surface area (Å²) in [5.74, 6) is 0. The molecule has 2 heteroatoms. The maximum absolute atomic E-state index is 4.16. The van der Waals surface area contributed by atoms with Crippen LogP contribution < -0.4 is 10.6 Å². The smallest absolute Gasteiger partial charge is 0.00804 e. The molecule has 0 saturated heterocycles. The molecule has 1 saturated carbocycles. The van der Waals surface area contributed by atoms with Gasteiger partial charge in [0.25, 0.3) is 0 Å². The fourth-order valence-electron chi connectivity index (χ4n) is 6.07. The van der Waals surface area contributed by atoms with Gasteiger partial charge in [0.05, 0.1) is 0 Å². The Balaban J connectivity index is 2.72. The fraction of sp³-hybridized carbons (Fsp3) is 1.00. The predicted octanol–water partition coefficient (Wildman–Crippen LogP) is 8.25. The predicted molar refractivity (Wildman–Crippen MR) is 136 cm³/mol. The van der Waals surface area contributed by atoms with Crippen molar-refractivity contribution in [2.45, 2.75) is 163 Å². The normalized spacial score (nSPS) is 24.1. The Kier molecular flexibility index (Phi) is 13.9. The minimum absolute atomic E-state index is 0.413. The molecule has 2 N–H and O–H groups in total. The molecular weight excluding hydrogens is 364 g/mol. The third-order valence-corrected chi connectivity index (χ3v) is 7.36. The maximum Gasteiger partial charge on any atom is 0.00804 e. The van der Waals surface area contributed by atoms with E-state index in [1.807, 2.05) is 0 Å². The van der Waals surface area contributed by atoms with Gasteiger partial charge in [0.1, 0.15) is 0 Å². The molecular formula is C28H58N2. The summed E-state index contributed by atoms with van der Waals surface area (Å²) in [5.41, 5.74) is 0.852. The van der Waals surface area contributed by atoms with Gasteiger partial charge in [0, 0.05) is 24.7 Å². The molecule has 0 spiro atoms. The quantitative estimate of drug-likeness (QED) is 0.246. The van der Waals surface area contributed by atoms with Gasteiger partial charge in [-0.25, -0.2) is 0 Å². The Labute approximate surface area is 191 Å². The van der Waals surface area contributed by atoms with Crippen molar-refractivity contribution in [3.8, 4) is 0 Å². The molecule has 0 aromatic carbocycles. The third kappa shape index (κ3) is 11.5. The monoisotopic (exact) mass is 422 g/mol. The molecule has 0 heterocycles. The van der Waals surface area contributed by atoms with Crippen LogP contribution in [0.4, 0.5) is 0 Å². The van der Waals surface area contributed by atoms with Crippen LogP contribution in [-0.4, -0.2) is 24.7 Å². The standard InChI is InChI=1S/C28H58N2/c1-8-12-16-24(17-13-9-2)29-23-28(7)21-26(20-27(5,6)22-28)30-25(18-14-10-3)19-15-11-4/h24-26,29-30H,8-23H2,1-7H3. The summed E-state index contributed by atoms with van der Waals surface area (Å²) in [6, 6.07) is 2.13. The summed E-state index contributed by atoms with van der Waals surface area (Å²) >= 11 is 0. The van der Waals surface area contributed by atoms with E-state index in [4.69, 9.17) is 0 Å². The maximum atomic E-state index is 4.16. The topological polar surface area (TPSA) is 24.1 Å². The van der Waals surface area contributed by atoms with Crippen LogP contribution in [0.25, 0.3) is 0 Å². The molecule has 0 aromatic rings. The highest BCUT2D eigenvalue weighted by atomic mass is 15.0. The highest BCUT2D eigenvalue weighted by Gasteiger charge is 2.41. The molecule has 0 aromatic heterocycles. The van der Waals surface area contributed by atoms with E-state index in [1.165, 1.54) is 103 Å². The zero-order valence-corrected chi connectivity index (χ0v) is 22.0. The lowest BCUT2D eigenvalue weighted by molar-refractivity contribution is 0.0618. The van der Waals surface area contributed by atoms with Gasteiger partial charge in [0.2, 0.25) is 0 Å². The number of unbranched alkanes of at least 4 members (excludes halogenated alkanes) is 4. The summed E-state index contributed by atoms with van der Waals surface area (Å²) in [7, 11) is 0. The van der Waals surface area contributed by atoms with E-state index in [9.17, 15) is 0 Å². The van der Waals surface area contributed by atoms with Crippen molar-refractivity contribution in [2.75, 3.05) is 6.54 Å². The number of nitrogens with one attached hydrogen (secondary N) is 2. The second-order valence-electron chi connectivity index (χ2n) is 11.8. The van der Waals surface area contributed by atoms with Crippen molar-refractivity contribution in [3.05, 3.63) is 0 Å². The lowest BCUT2D eigenvalue weighted by atomic mass is 9.62. The van der Waals surface area contributed by atoms with Crippen molar-refractivity contribution in [2.24, 2.45) is 10.8 Å². The first-order valence-electron chi connectivity index (χ1n) is 13.8. The van der Waals surface area contributed by atoms with E-state index in [2.05, 4.69) is 59.1 Å². The van der Waals surface area contributed by atoms with Gasteiger partial charge in [-0.2, -0.15) is 0 Å². The van der Waals surface area contributed by atoms with Crippen LogP contribution in [0.15, 0.2) is 0 Å². The van der Waals surface area contributed by atoms with Crippen LogP contribution in [0.1, 0.15) is 145 Å². The van der Waals surface area contributed by atoms with Crippen molar-refractivity contribution in [1.29, 1.82) is 0 Å². The number of hydrogen-bond acceptors (Lipinski definition) is 2. The largest absolute Gasteiger partial charge is 0.313 e. The van der Waals surface area contributed by atoms with Crippen molar-refractivity contribution in [3.63, 3.8) is 0 Å². The molecule has 0 radical (unpaired) electrons. The van der Waals surface area contributed by atoms with Gasteiger partial charge in [-0.05, 0) is 55.8 Å². The van der Waals surface area contributed by atoms with Crippen molar-refractivity contribution in [1.82, 2.24) is 10.6 Å². The van der Waals surface area contributed by atoms with Crippen LogP contribution >= 0.6 is 0 Å². The highest BCUT2D eigenvalue weighted by Crippen LogP contribution is 2.46. The summed E-state index contributed by atoms with van der Waals surface area (Å²) in [4.78, 5) is 0. The number of rotatable bonds is 17. The molecule has 180 valence electrons. The van der Waals surface area contributed by atoms with Crippen LogP contribution in [0, 0.1) is 10.8 Å². The number of hydrogen-bond donors (Lipinski definition) is 2. The van der Waals surface area contributed by atoms with E-state index in [0.717, 1.165) is 12.1 Å². The van der Waals surface area contributed by atoms with Gasteiger partial charge >= 0.3 is 0 Å². The fourth-order valence-corrected chi connectivity index (χ4v) is 6.07. The first kappa shape index (κ1) is 28.0. The zero-order chi connectivity index (χ0) is 22.5. The first-order chi connectivity index (χ1) is 14.3. The average molecular weight is 423 g/mol. The SMILES string of the molecule is CCCCC(CCCC)NCC1(C)CC(NC(CCCC)CCCC)CC(C)(C)C1. The molecule has 1 aliphatic carbocycles. The molecule has 30 heavy (non-hydrogen) atoms. The van der Waals surface area contributed by atoms with Crippen molar-refractivity contribution >= 4 is 0 Å². The molecule has 0 bridgehead atoms. The third-order valence-electron chi connectivity index (χ3n) is 7.36. The van der Waals surface area contributed by atoms with E-state index >= 15 is 0 Å². The minimum atomic E-state index is 0.413. The van der Waals surface area contributed by atoms with Gasteiger partial charge in [-0.3, -0.25) is 0 Å².